The normalized spacial score (nSPS) is 10.5. The molecule has 0 aliphatic rings. The van der Waals surface area contributed by atoms with E-state index in [1.807, 2.05) is 13.0 Å². The molecule has 1 heterocycles. The molecule has 0 fully saturated rings. The van der Waals surface area contributed by atoms with Crippen molar-refractivity contribution in [3.05, 3.63) is 69.0 Å². The number of anilines is 1. The number of hydrogen-bond acceptors (Lipinski definition) is 6. The summed E-state index contributed by atoms with van der Waals surface area (Å²) in [5, 5.41) is 3.38. The standard InChI is InChI=1S/C20H16BrNO6/c1-12-8-14(4-6-16(12)21)22-18(23)10-27-20(25)11-26-15-5-2-13-3-7-19(24)28-17(13)9-15/h2-9H,10-11H2,1H3,(H,22,23). The first-order valence-corrected chi connectivity index (χ1v) is 9.08. The van der Waals surface area contributed by atoms with Gasteiger partial charge >= 0.3 is 11.6 Å². The highest BCUT2D eigenvalue weighted by Crippen LogP contribution is 2.20. The zero-order chi connectivity index (χ0) is 20.1. The highest BCUT2D eigenvalue weighted by molar-refractivity contribution is 9.10. The van der Waals surface area contributed by atoms with Crippen molar-refractivity contribution in [3.8, 4) is 5.75 Å². The summed E-state index contributed by atoms with van der Waals surface area (Å²) >= 11 is 3.38. The quantitative estimate of drug-likeness (QED) is 0.461. The van der Waals surface area contributed by atoms with Crippen LogP contribution in [-0.2, 0) is 14.3 Å². The molecule has 0 saturated heterocycles. The molecule has 0 bridgehead atoms. The second kappa shape index (κ2) is 8.71. The lowest BCUT2D eigenvalue weighted by atomic mass is 10.2. The van der Waals surface area contributed by atoms with Gasteiger partial charge in [-0.3, -0.25) is 4.79 Å². The number of amides is 1. The molecule has 0 radical (unpaired) electrons. The molecule has 2 aromatic carbocycles. The van der Waals surface area contributed by atoms with Crippen LogP contribution < -0.4 is 15.7 Å². The van der Waals surface area contributed by atoms with Crippen LogP contribution in [0.5, 0.6) is 5.75 Å². The fraction of sp³-hybridized carbons (Fsp3) is 0.150. The van der Waals surface area contributed by atoms with Gasteiger partial charge in [0.1, 0.15) is 11.3 Å². The Kier molecular flexibility index (Phi) is 6.10. The molecule has 3 aromatic rings. The molecular weight excluding hydrogens is 430 g/mol. The van der Waals surface area contributed by atoms with E-state index in [0.29, 0.717) is 17.0 Å². The Morgan fingerprint density at radius 1 is 1.07 bits per heavy atom. The molecular formula is C20H16BrNO6. The van der Waals surface area contributed by atoms with Crippen LogP contribution in [0, 0.1) is 6.92 Å². The Morgan fingerprint density at radius 2 is 1.86 bits per heavy atom. The number of rotatable bonds is 6. The molecule has 0 aliphatic carbocycles. The number of aryl methyl sites for hydroxylation is 1. The maximum Gasteiger partial charge on any atom is 0.344 e. The molecule has 0 unspecified atom stereocenters. The molecule has 7 nitrogen and oxygen atoms in total. The number of esters is 1. The summed E-state index contributed by atoms with van der Waals surface area (Å²) in [6.07, 6.45) is 0. The molecule has 144 valence electrons. The van der Waals surface area contributed by atoms with Crippen LogP contribution in [0.4, 0.5) is 5.69 Å². The maximum atomic E-state index is 11.9. The first kappa shape index (κ1) is 19.6. The summed E-state index contributed by atoms with van der Waals surface area (Å²) in [6.45, 7) is 1.09. The Balaban J connectivity index is 1.48. The van der Waals surface area contributed by atoms with Gasteiger partial charge in [-0.15, -0.1) is 0 Å². The average molecular weight is 446 g/mol. The van der Waals surface area contributed by atoms with Crippen molar-refractivity contribution in [3.63, 3.8) is 0 Å². The van der Waals surface area contributed by atoms with Crippen LogP contribution in [0.1, 0.15) is 5.56 Å². The van der Waals surface area contributed by atoms with Gasteiger partial charge in [-0.1, -0.05) is 15.9 Å². The van der Waals surface area contributed by atoms with Crippen LogP contribution in [0.15, 0.2) is 62.2 Å². The van der Waals surface area contributed by atoms with Crippen molar-refractivity contribution in [1.29, 1.82) is 0 Å². The third-order valence-corrected chi connectivity index (χ3v) is 4.65. The van der Waals surface area contributed by atoms with Gasteiger partial charge in [-0.2, -0.15) is 0 Å². The van der Waals surface area contributed by atoms with Gasteiger partial charge in [0.15, 0.2) is 13.2 Å². The minimum atomic E-state index is -0.697. The number of hydrogen-bond donors (Lipinski definition) is 1. The summed E-state index contributed by atoms with van der Waals surface area (Å²) in [4.78, 5) is 34.9. The predicted octanol–water partition coefficient (Wildman–Crippen LogP) is 3.42. The molecule has 3 rings (SSSR count). The molecule has 1 N–H and O–H groups in total. The number of halogens is 1. The molecule has 0 spiro atoms. The molecule has 0 atom stereocenters. The lowest BCUT2D eigenvalue weighted by molar-refractivity contribution is -0.149. The summed E-state index contributed by atoms with van der Waals surface area (Å²) < 4.78 is 16.2. The van der Waals surface area contributed by atoms with E-state index in [2.05, 4.69) is 21.2 Å². The van der Waals surface area contributed by atoms with E-state index in [-0.39, 0.29) is 6.61 Å². The van der Waals surface area contributed by atoms with Gasteiger partial charge in [0.25, 0.3) is 5.91 Å². The zero-order valence-electron chi connectivity index (χ0n) is 14.9. The van der Waals surface area contributed by atoms with Gasteiger partial charge in [0, 0.05) is 27.7 Å². The minimum Gasteiger partial charge on any atom is -0.482 e. The largest absolute Gasteiger partial charge is 0.482 e. The molecule has 28 heavy (non-hydrogen) atoms. The van der Waals surface area contributed by atoms with Gasteiger partial charge in [0.2, 0.25) is 0 Å². The third-order valence-electron chi connectivity index (χ3n) is 3.76. The first-order valence-electron chi connectivity index (χ1n) is 8.29. The van der Waals surface area contributed by atoms with Crippen LogP contribution in [0.2, 0.25) is 0 Å². The molecule has 8 heteroatoms. The second-order valence-corrected chi connectivity index (χ2v) is 6.77. The van der Waals surface area contributed by atoms with E-state index in [0.717, 1.165) is 15.4 Å². The first-order chi connectivity index (χ1) is 13.4. The van der Waals surface area contributed by atoms with Crippen molar-refractivity contribution in [2.24, 2.45) is 0 Å². The van der Waals surface area contributed by atoms with Crippen LogP contribution in [0.25, 0.3) is 11.0 Å². The lowest BCUT2D eigenvalue weighted by Gasteiger charge is -2.09. The smallest absolute Gasteiger partial charge is 0.344 e. The Labute approximate surface area is 168 Å². The number of benzene rings is 2. The van der Waals surface area contributed by atoms with Crippen LogP contribution in [0.3, 0.4) is 0 Å². The summed E-state index contributed by atoms with van der Waals surface area (Å²) in [7, 11) is 0. The van der Waals surface area contributed by atoms with Crippen molar-refractivity contribution in [2.45, 2.75) is 6.92 Å². The maximum absolute atomic E-state index is 11.9. The monoisotopic (exact) mass is 445 g/mol. The fourth-order valence-electron chi connectivity index (χ4n) is 2.38. The Hall–Kier alpha value is -3.13. The second-order valence-electron chi connectivity index (χ2n) is 5.92. The zero-order valence-corrected chi connectivity index (χ0v) is 16.4. The molecule has 0 saturated carbocycles. The highest BCUT2D eigenvalue weighted by Gasteiger charge is 2.10. The van der Waals surface area contributed by atoms with Gasteiger partial charge < -0.3 is 19.2 Å². The van der Waals surface area contributed by atoms with E-state index in [1.165, 1.54) is 12.1 Å². The van der Waals surface area contributed by atoms with Crippen LogP contribution >= 0.6 is 15.9 Å². The molecule has 1 aromatic heterocycles. The summed E-state index contributed by atoms with van der Waals surface area (Å²) in [6, 6.07) is 13.1. The number of carbonyl (C=O) groups excluding carboxylic acids is 2. The topological polar surface area (TPSA) is 94.8 Å². The Bertz CT molecular complexity index is 1090. The summed E-state index contributed by atoms with van der Waals surface area (Å²) in [5.74, 6) is -0.812. The van der Waals surface area contributed by atoms with E-state index in [9.17, 15) is 14.4 Å². The third kappa shape index (κ3) is 5.20. The van der Waals surface area contributed by atoms with E-state index >= 15 is 0 Å². The molecule has 0 aliphatic heterocycles. The van der Waals surface area contributed by atoms with Gasteiger partial charge in [-0.05, 0) is 48.9 Å². The summed E-state index contributed by atoms with van der Waals surface area (Å²) in [5.41, 5.74) is 1.45. The van der Waals surface area contributed by atoms with Crippen molar-refractivity contribution in [1.82, 2.24) is 0 Å². The van der Waals surface area contributed by atoms with E-state index in [4.69, 9.17) is 13.9 Å². The van der Waals surface area contributed by atoms with Crippen molar-refractivity contribution >= 4 is 44.5 Å². The predicted molar refractivity (Wildman–Crippen MR) is 106 cm³/mol. The fourth-order valence-corrected chi connectivity index (χ4v) is 2.63. The average Bonchev–Trinajstić information content (AvgIpc) is 2.67. The van der Waals surface area contributed by atoms with Crippen LogP contribution in [-0.4, -0.2) is 25.1 Å². The Morgan fingerprint density at radius 3 is 2.64 bits per heavy atom. The lowest BCUT2D eigenvalue weighted by Crippen LogP contribution is -2.23. The van der Waals surface area contributed by atoms with Gasteiger partial charge in [0.05, 0.1) is 0 Å². The number of carbonyl (C=O) groups is 2. The number of fused-ring (bicyclic) bond motifs is 1. The van der Waals surface area contributed by atoms with E-state index in [1.54, 1.807) is 30.3 Å². The highest BCUT2D eigenvalue weighted by atomic mass is 79.9. The number of nitrogens with one attached hydrogen (secondary N) is 1. The van der Waals surface area contributed by atoms with Gasteiger partial charge in [-0.25, -0.2) is 9.59 Å². The van der Waals surface area contributed by atoms with Crippen molar-refractivity contribution in [2.75, 3.05) is 18.5 Å². The number of ether oxygens (including phenoxy) is 2. The SMILES string of the molecule is Cc1cc(NC(=O)COC(=O)COc2ccc3ccc(=O)oc3c2)ccc1Br. The van der Waals surface area contributed by atoms with E-state index < -0.39 is 24.1 Å². The minimum absolute atomic E-state index is 0.341. The molecule has 1 amide bonds. The van der Waals surface area contributed by atoms with Crippen molar-refractivity contribution < 1.29 is 23.5 Å².